The molecule has 0 spiro atoms. The van der Waals surface area contributed by atoms with Crippen molar-refractivity contribution >= 4 is 29.3 Å². The number of amides is 2. The molecule has 0 aliphatic rings. The smallest absolute Gasteiger partial charge is 0.255 e. The van der Waals surface area contributed by atoms with Gasteiger partial charge in [-0.1, -0.05) is 36.4 Å². The summed E-state index contributed by atoms with van der Waals surface area (Å²) < 4.78 is 13.3. The molecular formula is C23H21FN2O2S. The van der Waals surface area contributed by atoms with Gasteiger partial charge >= 0.3 is 0 Å². The quantitative estimate of drug-likeness (QED) is 0.548. The molecule has 6 heteroatoms. The summed E-state index contributed by atoms with van der Waals surface area (Å²) in [4.78, 5) is 25.7. The SMILES string of the molecule is CC(Sc1ccccc1)C(=O)NCc1cccc(NC(=O)c2cccc(F)c2)c1. The lowest BCUT2D eigenvalue weighted by Gasteiger charge is -2.13. The minimum atomic E-state index is -0.461. The molecule has 29 heavy (non-hydrogen) atoms. The summed E-state index contributed by atoms with van der Waals surface area (Å²) in [6, 6.07) is 22.5. The topological polar surface area (TPSA) is 58.2 Å². The van der Waals surface area contributed by atoms with Gasteiger partial charge in [-0.25, -0.2) is 4.39 Å². The molecule has 1 unspecified atom stereocenters. The minimum absolute atomic E-state index is 0.0620. The first-order valence-corrected chi connectivity index (χ1v) is 10.0. The van der Waals surface area contributed by atoms with E-state index in [-0.39, 0.29) is 16.7 Å². The highest BCUT2D eigenvalue weighted by Gasteiger charge is 2.14. The van der Waals surface area contributed by atoms with Crippen LogP contribution in [-0.2, 0) is 11.3 Å². The third kappa shape index (κ3) is 6.19. The van der Waals surface area contributed by atoms with Crippen LogP contribution < -0.4 is 10.6 Å². The predicted octanol–water partition coefficient (Wildman–Crippen LogP) is 4.88. The molecule has 3 rings (SSSR count). The van der Waals surface area contributed by atoms with Gasteiger partial charge in [0.15, 0.2) is 0 Å². The van der Waals surface area contributed by atoms with E-state index in [9.17, 15) is 14.0 Å². The first-order valence-electron chi connectivity index (χ1n) is 9.16. The molecule has 3 aromatic rings. The minimum Gasteiger partial charge on any atom is -0.351 e. The fraction of sp³-hybridized carbons (Fsp3) is 0.130. The van der Waals surface area contributed by atoms with Crippen molar-refractivity contribution in [2.45, 2.75) is 23.6 Å². The summed E-state index contributed by atoms with van der Waals surface area (Å²) >= 11 is 1.50. The first-order chi connectivity index (χ1) is 14.0. The summed E-state index contributed by atoms with van der Waals surface area (Å²) in [7, 11) is 0. The van der Waals surface area contributed by atoms with Gasteiger partial charge in [-0.3, -0.25) is 9.59 Å². The van der Waals surface area contributed by atoms with Crippen molar-refractivity contribution in [2.24, 2.45) is 0 Å². The molecule has 4 nitrogen and oxygen atoms in total. The lowest BCUT2D eigenvalue weighted by molar-refractivity contribution is -0.120. The standard InChI is InChI=1S/C23H21FN2O2S/c1-16(29-21-11-3-2-4-12-21)22(27)25-15-17-7-5-10-20(13-17)26-23(28)18-8-6-9-19(24)14-18/h2-14,16H,15H2,1H3,(H,25,27)(H,26,28). The van der Waals surface area contributed by atoms with Crippen LogP contribution in [-0.4, -0.2) is 17.1 Å². The van der Waals surface area contributed by atoms with E-state index in [1.165, 1.54) is 30.0 Å². The molecule has 2 amide bonds. The number of carbonyl (C=O) groups excluding carboxylic acids is 2. The van der Waals surface area contributed by atoms with Crippen LogP contribution in [0.4, 0.5) is 10.1 Å². The number of rotatable bonds is 7. The Morgan fingerprint density at radius 2 is 1.72 bits per heavy atom. The van der Waals surface area contributed by atoms with E-state index >= 15 is 0 Å². The zero-order chi connectivity index (χ0) is 20.6. The summed E-state index contributed by atoms with van der Waals surface area (Å²) in [6.45, 7) is 2.21. The second-order valence-corrected chi connectivity index (χ2v) is 7.87. The summed E-state index contributed by atoms with van der Waals surface area (Å²) in [6.07, 6.45) is 0. The average molecular weight is 408 g/mol. The van der Waals surface area contributed by atoms with E-state index < -0.39 is 11.7 Å². The third-order valence-corrected chi connectivity index (χ3v) is 5.28. The fourth-order valence-corrected chi connectivity index (χ4v) is 3.59. The van der Waals surface area contributed by atoms with Gasteiger partial charge in [0.25, 0.3) is 5.91 Å². The van der Waals surface area contributed by atoms with E-state index in [1.54, 1.807) is 24.3 Å². The van der Waals surface area contributed by atoms with Gasteiger partial charge in [0.2, 0.25) is 5.91 Å². The maximum atomic E-state index is 13.3. The molecule has 0 heterocycles. The maximum Gasteiger partial charge on any atom is 0.255 e. The normalized spacial score (nSPS) is 11.5. The van der Waals surface area contributed by atoms with E-state index in [1.807, 2.05) is 43.3 Å². The molecule has 0 aliphatic carbocycles. The lowest BCUT2D eigenvalue weighted by Crippen LogP contribution is -2.30. The van der Waals surface area contributed by atoms with Crippen LogP contribution in [0.25, 0.3) is 0 Å². The Bertz CT molecular complexity index is 995. The second-order valence-electron chi connectivity index (χ2n) is 6.46. The highest BCUT2D eigenvalue weighted by molar-refractivity contribution is 8.00. The Morgan fingerprint density at radius 1 is 0.966 bits per heavy atom. The molecule has 0 aliphatic heterocycles. The van der Waals surface area contributed by atoms with E-state index in [4.69, 9.17) is 0 Å². The number of hydrogen-bond acceptors (Lipinski definition) is 3. The van der Waals surface area contributed by atoms with Crippen LogP contribution in [0.3, 0.4) is 0 Å². The largest absolute Gasteiger partial charge is 0.351 e. The molecular weight excluding hydrogens is 387 g/mol. The Hall–Kier alpha value is -3.12. The van der Waals surface area contributed by atoms with Gasteiger partial charge < -0.3 is 10.6 Å². The average Bonchev–Trinajstić information content (AvgIpc) is 2.73. The first kappa shape index (κ1) is 20.6. The molecule has 0 saturated carbocycles. The van der Waals surface area contributed by atoms with Gasteiger partial charge in [0.1, 0.15) is 5.82 Å². The van der Waals surface area contributed by atoms with Crippen LogP contribution in [0.2, 0.25) is 0 Å². The van der Waals surface area contributed by atoms with Crippen LogP contribution >= 0.6 is 11.8 Å². The van der Waals surface area contributed by atoms with Crippen molar-refractivity contribution in [3.8, 4) is 0 Å². The molecule has 0 aromatic heterocycles. The zero-order valence-electron chi connectivity index (χ0n) is 15.9. The molecule has 1 atom stereocenters. The van der Waals surface area contributed by atoms with Crippen LogP contribution in [0.1, 0.15) is 22.8 Å². The summed E-state index contributed by atoms with van der Waals surface area (Å²) in [5, 5.41) is 5.43. The lowest BCUT2D eigenvalue weighted by atomic mass is 10.1. The Balaban J connectivity index is 1.55. The van der Waals surface area contributed by atoms with Gasteiger partial charge in [0.05, 0.1) is 5.25 Å². The Labute approximate surface area is 173 Å². The summed E-state index contributed by atoms with van der Waals surface area (Å²) in [5.74, 6) is -0.914. The molecule has 0 fully saturated rings. The number of carbonyl (C=O) groups is 2. The number of hydrogen-bond donors (Lipinski definition) is 2. The zero-order valence-corrected chi connectivity index (χ0v) is 16.7. The number of halogens is 1. The van der Waals surface area contributed by atoms with Crippen molar-refractivity contribution in [3.63, 3.8) is 0 Å². The van der Waals surface area contributed by atoms with Gasteiger partial charge in [-0.2, -0.15) is 0 Å². The van der Waals surface area contributed by atoms with Crippen LogP contribution in [0.5, 0.6) is 0 Å². The predicted molar refractivity (Wildman–Crippen MR) is 114 cm³/mol. The third-order valence-electron chi connectivity index (χ3n) is 4.16. The number of nitrogens with one attached hydrogen (secondary N) is 2. The molecule has 148 valence electrons. The molecule has 2 N–H and O–H groups in total. The van der Waals surface area contributed by atoms with Crippen molar-refractivity contribution in [1.82, 2.24) is 5.32 Å². The van der Waals surface area contributed by atoms with E-state index in [2.05, 4.69) is 10.6 Å². The van der Waals surface area contributed by atoms with Crippen molar-refractivity contribution < 1.29 is 14.0 Å². The van der Waals surface area contributed by atoms with E-state index in [0.29, 0.717) is 12.2 Å². The van der Waals surface area contributed by atoms with Crippen LogP contribution in [0.15, 0.2) is 83.8 Å². The van der Waals surface area contributed by atoms with Crippen molar-refractivity contribution in [1.29, 1.82) is 0 Å². The Morgan fingerprint density at radius 3 is 2.48 bits per heavy atom. The number of anilines is 1. The van der Waals surface area contributed by atoms with Crippen molar-refractivity contribution in [2.75, 3.05) is 5.32 Å². The molecule has 0 radical (unpaired) electrons. The fourth-order valence-electron chi connectivity index (χ4n) is 2.68. The van der Waals surface area contributed by atoms with Crippen molar-refractivity contribution in [3.05, 3.63) is 95.8 Å². The monoisotopic (exact) mass is 408 g/mol. The molecule has 3 aromatic carbocycles. The summed E-state index contributed by atoms with van der Waals surface area (Å²) in [5.41, 5.74) is 1.68. The van der Waals surface area contributed by atoms with Gasteiger partial charge in [0, 0.05) is 22.7 Å². The number of thioether (sulfide) groups is 1. The Kier molecular flexibility index (Phi) is 7.03. The highest BCUT2D eigenvalue weighted by Crippen LogP contribution is 2.22. The van der Waals surface area contributed by atoms with Gasteiger partial charge in [-0.05, 0) is 55.0 Å². The number of benzene rings is 3. The van der Waals surface area contributed by atoms with E-state index in [0.717, 1.165) is 10.5 Å². The maximum absolute atomic E-state index is 13.3. The second kappa shape index (κ2) is 9.89. The molecule has 0 bridgehead atoms. The molecule has 0 saturated heterocycles. The van der Waals surface area contributed by atoms with Crippen LogP contribution in [0, 0.1) is 5.82 Å². The van der Waals surface area contributed by atoms with Gasteiger partial charge in [-0.15, -0.1) is 11.8 Å². The highest BCUT2D eigenvalue weighted by atomic mass is 32.2.